The van der Waals surface area contributed by atoms with E-state index in [4.69, 9.17) is 9.47 Å². The first-order valence-electron chi connectivity index (χ1n) is 8.79. The molecule has 132 valence electrons. The van der Waals surface area contributed by atoms with Crippen molar-refractivity contribution in [3.05, 3.63) is 66.2 Å². The van der Waals surface area contributed by atoms with Gasteiger partial charge in [0.1, 0.15) is 18.2 Å². The summed E-state index contributed by atoms with van der Waals surface area (Å²) in [5.41, 5.74) is 1.38. The van der Waals surface area contributed by atoms with Gasteiger partial charge in [-0.15, -0.1) is 0 Å². The summed E-state index contributed by atoms with van der Waals surface area (Å²) in [5.74, 6) is 0.981. The Hall–Kier alpha value is -2.92. The van der Waals surface area contributed by atoms with E-state index < -0.39 is 0 Å². The number of rotatable bonds is 5. The second-order valence-electron chi connectivity index (χ2n) is 6.32. The first-order valence-corrected chi connectivity index (χ1v) is 8.79. The molecule has 1 saturated heterocycles. The van der Waals surface area contributed by atoms with Gasteiger partial charge in [-0.3, -0.25) is 4.79 Å². The van der Waals surface area contributed by atoms with Gasteiger partial charge < -0.3 is 14.8 Å². The van der Waals surface area contributed by atoms with E-state index >= 15 is 0 Å². The lowest BCUT2D eigenvalue weighted by Gasteiger charge is -2.12. The van der Waals surface area contributed by atoms with E-state index in [1.165, 1.54) is 0 Å². The number of carbonyl (C=O) groups excluding carboxylic acids is 1. The predicted molar refractivity (Wildman–Crippen MR) is 101 cm³/mol. The number of aromatic nitrogens is 1. The zero-order valence-electron chi connectivity index (χ0n) is 14.4. The van der Waals surface area contributed by atoms with E-state index in [1.807, 2.05) is 42.5 Å². The zero-order chi connectivity index (χ0) is 17.8. The molecule has 1 amide bonds. The molecule has 2 heterocycles. The Labute approximate surface area is 152 Å². The SMILES string of the molecule is O=C(Nc1ccc2ccccc2n1)c1cccc(OC[C@H]2CCCO2)c1. The molecule has 0 saturated carbocycles. The molecular weight excluding hydrogens is 328 g/mol. The fourth-order valence-electron chi connectivity index (χ4n) is 3.02. The smallest absolute Gasteiger partial charge is 0.256 e. The Morgan fingerprint density at radius 3 is 2.96 bits per heavy atom. The highest BCUT2D eigenvalue weighted by atomic mass is 16.5. The van der Waals surface area contributed by atoms with Crippen LogP contribution in [0, 0.1) is 0 Å². The minimum absolute atomic E-state index is 0.147. The molecule has 3 aromatic rings. The third-order valence-corrected chi connectivity index (χ3v) is 4.40. The topological polar surface area (TPSA) is 60.5 Å². The molecule has 1 fully saturated rings. The Morgan fingerprint density at radius 2 is 2.08 bits per heavy atom. The lowest BCUT2D eigenvalue weighted by atomic mass is 10.2. The van der Waals surface area contributed by atoms with Crippen LogP contribution in [0.2, 0.25) is 0 Å². The van der Waals surface area contributed by atoms with E-state index in [0.717, 1.165) is 30.4 Å². The Balaban J connectivity index is 1.44. The number of pyridine rings is 1. The fraction of sp³-hybridized carbons (Fsp3) is 0.238. The number of ether oxygens (including phenoxy) is 2. The van der Waals surface area contributed by atoms with Crippen LogP contribution in [0.1, 0.15) is 23.2 Å². The summed E-state index contributed by atoms with van der Waals surface area (Å²) >= 11 is 0. The average Bonchev–Trinajstić information content (AvgIpc) is 3.20. The second-order valence-corrected chi connectivity index (χ2v) is 6.32. The van der Waals surface area contributed by atoms with Crippen molar-refractivity contribution in [1.82, 2.24) is 4.98 Å². The quantitative estimate of drug-likeness (QED) is 0.756. The van der Waals surface area contributed by atoms with E-state index in [-0.39, 0.29) is 12.0 Å². The second kappa shape index (κ2) is 7.54. The largest absolute Gasteiger partial charge is 0.491 e. The number of fused-ring (bicyclic) bond motifs is 1. The van der Waals surface area contributed by atoms with E-state index in [2.05, 4.69) is 10.3 Å². The molecule has 5 heteroatoms. The Kier molecular flexibility index (Phi) is 4.80. The summed E-state index contributed by atoms with van der Waals surface area (Å²) in [6.07, 6.45) is 2.25. The first kappa shape index (κ1) is 16.5. The van der Waals surface area contributed by atoms with Crippen LogP contribution in [0.15, 0.2) is 60.7 Å². The molecule has 0 bridgehead atoms. The maximum absolute atomic E-state index is 12.5. The van der Waals surface area contributed by atoms with Gasteiger partial charge in [0.2, 0.25) is 0 Å². The molecule has 1 atom stereocenters. The van der Waals surface area contributed by atoms with Crippen molar-refractivity contribution >= 4 is 22.6 Å². The van der Waals surface area contributed by atoms with Crippen molar-refractivity contribution in [3.63, 3.8) is 0 Å². The highest BCUT2D eigenvalue weighted by Crippen LogP contribution is 2.19. The number of anilines is 1. The molecular formula is C21H20N2O3. The van der Waals surface area contributed by atoms with Crippen molar-refractivity contribution < 1.29 is 14.3 Å². The number of benzene rings is 2. The molecule has 0 unspecified atom stereocenters. The summed E-state index contributed by atoms with van der Waals surface area (Å²) in [6, 6.07) is 18.7. The molecule has 1 aliphatic heterocycles. The van der Waals surface area contributed by atoms with Gasteiger partial charge in [-0.1, -0.05) is 24.3 Å². The maximum atomic E-state index is 12.5. The predicted octanol–water partition coefficient (Wildman–Crippen LogP) is 4.04. The number of nitrogens with one attached hydrogen (secondary N) is 1. The van der Waals surface area contributed by atoms with Crippen molar-refractivity contribution in [3.8, 4) is 5.75 Å². The fourth-order valence-corrected chi connectivity index (χ4v) is 3.02. The van der Waals surface area contributed by atoms with Crippen LogP contribution in [0.5, 0.6) is 5.75 Å². The van der Waals surface area contributed by atoms with Crippen molar-refractivity contribution in [2.75, 3.05) is 18.5 Å². The molecule has 0 spiro atoms. The van der Waals surface area contributed by atoms with Crippen LogP contribution < -0.4 is 10.1 Å². The molecule has 1 aromatic heterocycles. The molecule has 4 rings (SSSR count). The van der Waals surface area contributed by atoms with Gasteiger partial charge in [0.25, 0.3) is 5.91 Å². The summed E-state index contributed by atoms with van der Waals surface area (Å²) in [6.45, 7) is 1.31. The lowest BCUT2D eigenvalue weighted by Crippen LogP contribution is -2.17. The Morgan fingerprint density at radius 1 is 1.15 bits per heavy atom. The normalized spacial score (nSPS) is 16.5. The van der Waals surface area contributed by atoms with Gasteiger partial charge in [0.15, 0.2) is 0 Å². The monoisotopic (exact) mass is 348 g/mol. The van der Waals surface area contributed by atoms with Crippen LogP contribution in [-0.2, 0) is 4.74 Å². The van der Waals surface area contributed by atoms with Crippen molar-refractivity contribution in [2.24, 2.45) is 0 Å². The zero-order valence-corrected chi connectivity index (χ0v) is 14.4. The minimum Gasteiger partial charge on any atom is -0.491 e. The molecule has 1 aliphatic rings. The van der Waals surface area contributed by atoms with E-state index in [9.17, 15) is 4.79 Å². The van der Waals surface area contributed by atoms with E-state index in [0.29, 0.717) is 23.7 Å². The number of nitrogens with zero attached hydrogens (tertiary/aromatic N) is 1. The molecule has 5 nitrogen and oxygen atoms in total. The summed E-state index contributed by atoms with van der Waals surface area (Å²) in [5, 5.41) is 3.88. The van der Waals surface area contributed by atoms with Gasteiger partial charge in [-0.2, -0.15) is 0 Å². The number of carbonyl (C=O) groups is 1. The summed E-state index contributed by atoms with van der Waals surface area (Å²) in [7, 11) is 0. The van der Waals surface area contributed by atoms with Crippen molar-refractivity contribution in [1.29, 1.82) is 0 Å². The maximum Gasteiger partial charge on any atom is 0.256 e. The molecule has 1 N–H and O–H groups in total. The van der Waals surface area contributed by atoms with Crippen molar-refractivity contribution in [2.45, 2.75) is 18.9 Å². The number of para-hydroxylation sites is 1. The first-order chi connectivity index (χ1) is 12.8. The standard InChI is InChI=1S/C21H20N2O3/c24-21(23-20-11-10-15-5-1-2-9-19(15)22-20)16-6-3-7-17(13-16)26-14-18-8-4-12-25-18/h1-3,5-7,9-11,13,18H,4,8,12,14H2,(H,22,23,24)/t18-/m1/s1. The highest BCUT2D eigenvalue weighted by Gasteiger charge is 2.16. The number of hydrogen-bond acceptors (Lipinski definition) is 4. The summed E-state index contributed by atoms with van der Waals surface area (Å²) in [4.78, 5) is 17.0. The van der Waals surface area contributed by atoms with Crippen LogP contribution in [0.3, 0.4) is 0 Å². The molecule has 26 heavy (non-hydrogen) atoms. The van der Waals surface area contributed by atoms with Gasteiger partial charge in [0.05, 0.1) is 11.6 Å². The lowest BCUT2D eigenvalue weighted by molar-refractivity contribution is 0.0679. The Bertz CT molecular complexity index is 920. The third-order valence-electron chi connectivity index (χ3n) is 4.40. The van der Waals surface area contributed by atoms with E-state index in [1.54, 1.807) is 18.2 Å². The van der Waals surface area contributed by atoms with Crippen LogP contribution >= 0.6 is 0 Å². The van der Waals surface area contributed by atoms with Gasteiger partial charge in [-0.25, -0.2) is 4.98 Å². The number of amides is 1. The number of hydrogen-bond donors (Lipinski definition) is 1. The van der Waals surface area contributed by atoms with Gasteiger partial charge in [0, 0.05) is 17.6 Å². The minimum atomic E-state index is -0.213. The van der Waals surface area contributed by atoms with Gasteiger partial charge in [-0.05, 0) is 49.2 Å². The molecule has 0 aliphatic carbocycles. The van der Waals surface area contributed by atoms with Crippen LogP contribution in [-0.4, -0.2) is 30.2 Å². The third kappa shape index (κ3) is 3.83. The summed E-state index contributed by atoms with van der Waals surface area (Å²) < 4.78 is 11.3. The average molecular weight is 348 g/mol. The molecule has 0 radical (unpaired) electrons. The highest BCUT2D eigenvalue weighted by molar-refractivity contribution is 6.04. The van der Waals surface area contributed by atoms with Crippen LogP contribution in [0.25, 0.3) is 10.9 Å². The van der Waals surface area contributed by atoms with Crippen LogP contribution in [0.4, 0.5) is 5.82 Å². The molecule has 2 aromatic carbocycles. The van der Waals surface area contributed by atoms with Gasteiger partial charge >= 0.3 is 0 Å².